The largest absolute Gasteiger partial charge is 0.431 e. The van der Waals surface area contributed by atoms with Gasteiger partial charge < -0.3 is 4.74 Å². The molecule has 9 heavy (non-hydrogen) atoms. The smallest absolute Gasteiger partial charge is 0.225 e. The molecule has 0 unspecified atom stereocenters. The lowest BCUT2D eigenvalue weighted by molar-refractivity contribution is 0.369. The summed E-state index contributed by atoms with van der Waals surface area (Å²) in [6.45, 7) is 3.18. The molecule has 0 saturated heterocycles. The monoisotopic (exact) mass is 206 g/mol. The second kappa shape index (κ2) is 4.29. The molecule has 0 saturated carbocycles. The summed E-state index contributed by atoms with van der Waals surface area (Å²) in [6.07, 6.45) is 0. The van der Waals surface area contributed by atoms with Crippen molar-refractivity contribution in [2.75, 3.05) is 0 Å². The summed E-state index contributed by atoms with van der Waals surface area (Å²) in [6, 6.07) is 0. The molecule has 0 bridgehead atoms. The molecule has 0 heterocycles. The third-order valence-corrected chi connectivity index (χ3v) is 1.23. The van der Waals surface area contributed by atoms with Crippen LogP contribution in [0.2, 0.25) is 0 Å². The first-order valence-electron chi connectivity index (χ1n) is 1.77. The lowest BCUT2D eigenvalue weighted by Crippen LogP contribution is -1.78. The third kappa shape index (κ3) is 4.91. The van der Waals surface area contributed by atoms with Gasteiger partial charge in [-0.3, -0.25) is 0 Å². The molecule has 0 rings (SSSR count). The van der Waals surface area contributed by atoms with Crippen LogP contribution < -0.4 is 0 Å². The first-order chi connectivity index (χ1) is 4.04. The fraction of sp³-hybridized carbons (Fsp3) is 0. The Hall–Kier alpha value is 0.440. The first kappa shape index (κ1) is 9.44. The molecule has 0 aromatic rings. The van der Waals surface area contributed by atoms with Crippen LogP contribution in [0.1, 0.15) is 0 Å². The summed E-state index contributed by atoms with van der Waals surface area (Å²) in [5.74, 6) is 0. The molecule has 0 aliphatic heterocycles. The topological polar surface area (TPSA) is 9.23 Å². The predicted molar refractivity (Wildman–Crippen MR) is 40.7 cm³/mol. The van der Waals surface area contributed by atoms with Crippen molar-refractivity contribution in [3.8, 4) is 0 Å². The van der Waals surface area contributed by atoms with Crippen molar-refractivity contribution in [1.82, 2.24) is 0 Å². The van der Waals surface area contributed by atoms with Gasteiger partial charge in [-0.15, -0.1) is 0 Å². The Morgan fingerprint density at radius 1 is 1.11 bits per heavy atom. The van der Waals surface area contributed by atoms with Crippen LogP contribution >= 0.6 is 46.4 Å². The lowest BCUT2D eigenvalue weighted by Gasteiger charge is -1.97. The van der Waals surface area contributed by atoms with Crippen LogP contribution in [0.15, 0.2) is 21.5 Å². The van der Waals surface area contributed by atoms with Gasteiger partial charge in [0, 0.05) is 0 Å². The van der Waals surface area contributed by atoms with Crippen molar-refractivity contribution in [1.29, 1.82) is 0 Å². The Kier molecular flexibility index (Phi) is 4.50. The third-order valence-electron chi connectivity index (χ3n) is 0.349. The maximum atomic E-state index is 5.26. The van der Waals surface area contributed by atoms with Gasteiger partial charge in [0.15, 0.2) is 9.71 Å². The standard InChI is InChI=1S/C4H2Cl4O/c1-2(5)9-4(8)3(6)7/h1H2. The van der Waals surface area contributed by atoms with Crippen LogP contribution in [0, 0.1) is 0 Å². The van der Waals surface area contributed by atoms with Crippen LogP contribution in [0.3, 0.4) is 0 Å². The maximum absolute atomic E-state index is 5.26. The van der Waals surface area contributed by atoms with Gasteiger partial charge in [-0.2, -0.15) is 0 Å². The average molecular weight is 208 g/mol. The molecule has 0 aromatic heterocycles. The zero-order valence-corrected chi connectivity index (χ0v) is 7.15. The van der Waals surface area contributed by atoms with Gasteiger partial charge in [-0.1, -0.05) is 23.2 Å². The van der Waals surface area contributed by atoms with E-state index in [0.717, 1.165) is 0 Å². The van der Waals surface area contributed by atoms with Gasteiger partial charge in [0.1, 0.15) is 0 Å². The quantitative estimate of drug-likeness (QED) is 0.630. The Bertz CT molecular complexity index is 147. The summed E-state index contributed by atoms with van der Waals surface area (Å²) in [4.78, 5) is 0. The van der Waals surface area contributed by atoms with E-state index in [-0.39, 0.29) is 14.9 Å². The zero-order chi connectivity index (χ0) is 7.44. The van der Waals surface area contributed by atoms with Crippen LogP contribution in [-0.2, 0) is 4.74 Å². The highest BCUT2D eigenvalue weighted by Gasteiger charge is 1.99. The predicted octanol–water partition coefficient (Wildman–Crippen LogP) is 3.56. The molecule has 0 aliphatic rings. The van der Waals surface area contributed by atoms with E-state index in [1.54, 1.807) is 0 Å². The molecular formula is C4H2Cl4O. The van der Waals surface area contributed by atoms with E-state index in [1.165, 1.54) is 0 Å². The highest BCUT2D eigenvalue weighted by Crippen LogP contribution is 2.21. The molecule has 0 aromatic carbocycles. The lowest BCUT2D eigenvalue weighted by atomic mass is 11.0. The summed E-state index contributed by atoms with van der Waals surface area (Å²) in [5, 5.41) is -0.267. The van der Waals surface area contributed by atoms with Crippen molar-refractivity contribution >= 4 is 46.4 Å². The van der Waals surface area contributed by atoms with Gasteiger partial charge >= 0.3 is 0 Å². The van der Waals surface area contributed by atoms with Crippen LogP contribution in [0.25, 0.3) is 0 Å². The normalized spacial score (nSPS) is 8.44. The number of ether oxygens (including phenoxy) is 1. The summed E-state index contributed by atoms with van der Waals surface area (Å²) >= 11 is 20.7. The molecular weight excluding hydrogens is 206 g/mol. The average Bonchev–Trinajstić information content (AvgIpc) is 1.63. The van der Waals surface area contributed by atoms with E-state index in [4.69, 9.17) is 46.4 Å². The van der Waals surface area contributed by atoms with E-state index in [0.29, 0.717) is 0 Å². The van der Waals surface area contributed by atoms with Crippen LogP contribution in [0.4, 0.5) is 0 Å². The number of rotatable bonds is 2. The SMILES string of the molecule is C=C(Cl)OC(Cl)=C(Cl)Cl. The van der Waals surface area contributed by atoms with Crippen molar-refractivity contribution < 1.29 is 4.74 Å². The second-order valence-electron chi connectivity index (χ2n) is 0.991. The van der Waals surface area contributed by atoms with Gasteiger partial charge in [-0.05, 0) is 29.8 Å². The molecule has 0 radical (unpaired) electrons. The minimum atomic E-state index is -0.182. The molecule has 0 fully saturated rings. The van der Waals surface area contributed by atoms with Crippen molar-refractivity contribution in [3.63, 3.8) is 0 Å². The first-order valence-corrected chi connectivity index (χ1v) is 3.28. The fourth-order valence-corrected chi connectivity index (χ4v) is 0.423. The van der Waals surface area contributed by atoms with Crippen LogP contribution in [-0.4, -0.2) is 0 Å². The van der Waals surface area contributed by atoms with Gasteiger partial charge in [0.05, 0.1) is 0 Å². The molecule has 0 spiro atoms. The van der Waals surface area contributed by atoms with Crippen molar-refractivity contribution in [2.24, 2.45) is 0 Å². The molecule has 5 heteroatoms. The van der Waals surface area contributed by atoms with Crippen LogP contribution in [0.5, 0.6) is 0 Å². The Morgan fingerprint density at radius 3 is 1.67 bits per heavy atom. The summed E-state index contributed by atoms with van der Waals surface area (Å²) < 4.78 is 4.28. The number of halogens is 4. The second-order valence-corrected chi connectivity index (χ2v) is 2.71. The van der Waals surface area contributed by atoms with Crippen molar-refractivity contribution in [3.05, 3.63) is 21.5 Å². The highest BCUT2D eigenvalue weighted by molar-refractivity contribution is 6.59. The summed E-state index contributed by atoms with van der Waals surface area (Å²) in [5.41, 5.74) is 0. The minimum Gasteiger partial charge on any atom is -0.431 e. The molecule has 0 atom stereocenters. The van der Waals surface area contributed by atoms with E-state index in [1.807, 2.05) is 0 Å². The maximum Gasteiger partial charge on any atom is 0.225 e. The molecule has 1 nitrogen and oxygen atoms in total. The van der Waals surface area contributed by atoms with E-state index < -0.39 is 0 Å². The zero-order valence-electron chi connectivity index (χ0n) is 4.13. The number of hydrogen-bond donors (Lipinski definition) is 0. The molecule has 52 valence electrons. The van der Waals surface area contributed by atoms with E-state index in [2.05, 4.69) is 11.3 Å². The van der Waals surface area contributed by atoms with E-state index in [9.17, 15) is 0 Å². The Morgan fingerprint density at radius 2 is 1.56 bits per heavy atom. The van der Waals surface area contributed by atoms with Gasteiger partial charge in [-0.25, -0.2) is 0 Å². The Labute approximate surface area is 72.8 Å². The molecule has 0 N–H and O–H groups in total. The van der Waals surface area contributed by atoms with Crippen molar-refractivity contribution in [2.45, 2.75) is 0 Å². The molecule has 0 amide bonds. The van der Waals surface area contributed by atoms with Gasteiger partial charge in [0.25, 0.3) is 0 Å². The summed E-state index contributed by atoms with van der Waals surface area (Å²) in [7, 11) is 0. The molecule has 0 aliphatic carbocycles. The van der Waals surface area contributed by atoms with Gasteiger partial charge in [0.2, 0.25) is 5.22 Å². The fourth-order valence-electron chi connectivity index (χ4n) is 0.136. The minimum absolute atomic E-state index is 0.0844. The van der Waals surface area contributed by atoms with E-state index >= 15 is 0 Å². The number of hydrogen-bond acceptors (Lipinski definition) is 1. The Balaban J connectivity index is 3.92. The highest BCUT2D eigenvalue weighted by atomic mass is 35.5.